The van der Waals surface area contributed by atoms with Gasteiger partial charge >= 0.3 is 0 Å². The highest BCUT2D eigenvalue weighted by molar-refractivity contribution is 5.77. The quantitative estimate of drug-likeness (QED) is 0.827. The molecule has 2 saturated carbocycles. The van der Waals surface area contributed by atoms with Crippen LogP contribution in [-0.4, -0.2) is 15.9 Å². The van der Waals surface area contributed by atoms with E-state index in [1.54, 1.807) is 0 Å². The fourth-order valence-electron chi connectivity index (χ4n) is 2.89. The molecular weight excluding hydrogens is 238 g/mol. The Morgan fingerprint density at radius 3 is 2.84 bits per heavy atom. The Bertz CT molecular complexity index is 458. The molecule has 1 aromatic heterocycles. The molecule has 4 nitrogen and oxygen atoms in total. The average molecular weight is 261 g/mol. The molecule has 0 bridgehead atoms. The highest BCUT2D eigenvalue weighted by atomic mass is 16.1. The Balaban J connectivity index is 1.54. The monoisotopic (exact) mass is 261 g/mol. The molecule has 2 aliphatic rings. The first-order valence-corrected chi connectivity index (χ1v) is 7.51. The Labute approximate surface area is 114 Å². The first kappa shape index (κ1) is 12.7. The molecule has 104 valence electrons. The normalized spacial score (nSPS) is 20.9. The lowest BCUT2D eigenvalue weighted by Gasteiger charge is -2.40. The van der Waals surface area contributed by atoms with Crippen LogP contribution in [-0.2, 0) is 10.3 Å². The second kappa shape index (κ2) is 4.99. The summed E-state index contributed by atoms with van der Waals surface area (Å²) in [4.78, 5) is 19.8. The topological polar surface area (TPSA) is 57.8 Å². The van der Waals surface area contributed by atoms with E-state index in [0.717, 1.165) is 36.7 Å². The molecule has 4 heteroatoms. The Morgan fingerprint density at radius 1 is 1.53 bits per heavy atom. The van der Waals surface area contributed by atoms with Crippen molar-refractivity contribution in [2.45, 2.75) is 63.8 Å². The molecule has 1 heterocycles. The molecule has 0 spiro atoms. The minimum absolute atomic E-state index is 0.189. The second-order valence-electron chi connectivity index (χ2n) is 6.23. The Hall–Kier alpha value is -1.32. The zero-order chi connectivity index (χ0) is 13.3. The van der Waals surface area contributed by atoms with Gasteiger partial charge in [-0.15, -0.1) is 0 Å². The van der Waals surface area contributed by atoms with Gasteiger partial charge in [-0.25, -0.2) is 4.98 Å². The van der Waals surface area contributed by atoms with Crippen molar-refractivity contribution in [2.24, 2.45) is 5.92 Å². The van der Waals surface area contributed by atoms with E-state index >= 15 is 0 Å². The van der Waals surface area contributed by atoms with Crippen LogP contribution in [0.1, 0.15) is 62.9 Å². The summed E-state index contributed by atoms with van der Waals surface area (Å²) in [5.41, 5.74) is 0.856. The smallest absolute Gasteiger partial charge is 0.220 e. The summed E-state index contributed by atoms with van der Waals surface area (Å²) in [6.07, 6.45) is 10.7. The van der Waals surface area contributed by atoms with E-state index in [0.29, 0.717) is 6.42 Å². The Morgan fingerprint density at radius 2 is 2.32 bits per heavy atom. The van der Waals surface area contributed by atoms with E-state index in [2.05, 4.69) is 15.3 Å². The molecule has 2 aliphatic carbocycles. The predicted octanol–water partition coefficient (Wildman–Crippen LogP) is 2.79. The molecule has 0 unspecified atom stereocenters. The number of aromatic amines is 1. The van der Waals surface area contributed by atoms with Crippen molar-refractivity contribution in [1.29, 1.82) is 0 Å². The van der Waals surface area contributed by atoms with Gasteiger partial charge in [0.15, 0.2) is 0 Å². The number of H-pyrrole nitrogens is 1. The minimum atomic E-state index is -0.203. The summed E-state index contributed by atoms with van der Waals surface area (Å²) < 4.78 is 0. The van der Waals surface area contributed by atoms with Gasteiger partial charge in [-0.3, -0.25) is 4.79 Å². The molecule has 0 radical (unpaired) electrons. The number of carbonyl (C=O) groups is 1. The fraction of sp³-hybridized carbons (Fsp3) is 0.733. The number of imidazole rings is 1. The predicted molar refractivity (Wildman–Crippen MR) is 73.6 cm³/mol. The molecule has 1 amide bonds. The summed E-state index contributed by atoms with van der Waals surface area (Å²) in [5, 5.41) is 3.22. The van der Waals surface area contributed by atoms with Gasteiger partial charge in [0, 0.05) is 18.3 Å². The van der Waals surface area contributed by atoms with Gasteiger partial charge < -0.3 is 10.3 Å². The molecule has 1 aromatic rings. The van der Waals surface area contributed by atoms with E-state index in [-0.39, 0.29) is 11.4 Å². The number of aromatic nitrogens is 2. The summed E-state index contributed by atoms with van der Waals surface area (Å²) in [7, 11) is 0. The summed E-state index contributed by atoms with van der Waals surface area (Å²) in [6.45, 7) is 2.00. The molecular formula is C15H23N3O. The number of amides is 1. The third kappa shape index (κ3) is 2.82. The first-order chi connectivity index (χ1) is 9.18. The van der Waals surface area contributed by atoms with Crippen LogP contribution >= 0.6 is 0 Å². The van der Waals surface area contributed by atoms with Crippen molar-refractivity contribution in [3.63, 3.8) is 0 Å². The molecule has 0 atom stereocenters. The van der Waals surface area contributed by atoms with Crippen LogP contribution in [0.2, 0.25) is 0 Å². The largest absolute Gasteiger partial charge is 0.344 e. The van der Waals surface area contributed by atoms with Crippen LogP contribution < -0.4 is 5.32 Å². The van der Waals surface area contributed by atoms with Crippen molar-refractivity contribution in [1.82, 2.24) is 15.3 Å². The van der Waals surface area contributed by atoms with Gasteiger partial charge in [-0.1, -0.05) is 12.8 Å². The number of nitrogens with one attached hydrogen (secondary N) is 2. The molecule has 0 saturated heterocycles. The van der Waals surface area contributed by atoms with Gasteiger partial charge in [-0.2, -0.15) is 0 Å². The molecule has 3 rings (SSSR count). The molecule has 2 N–H and O–H groups in total. The lowest BCUT2D eigenvalue weighted by atomic mass is 9.76. The van der Waals surface area contributed by atoms with E-state index in [9.17, 15) is 4.79 Å². The SMILES string of the molecule is Cc1cnc(C2(NC(=O)CCCC3CC3)CCC2)[nH]1. The van der Waals surface area contributed by atoms with Crippen LogP contribution in [0, 0.1) is 12.8 Å². The van der Waals surface area contributed by atoms with Crippen molar-refractivity contribution in [2.75, 3.05) is 0 Å². The van der Waals surface area contributed by atoms with Crippen LogP contribution in [0.3, 0.4) is 0 Å². The van der Waals surface area contributed by atoms with Gasteiger partial charge in [0.2, 0.25) is 5.91 Å². The molecule has 19 heavy (non-hydrogen) atoms. The van der Waals surface area contributed by atoms with Crippen molar-refractivity contribution < 1.29 is 4.79 Å². The van der Waals surface area contributed by atoms with Gasteiger partial charge in [-0.05, 0) is 44.9 Å². The maximum Gasteiger partial charge on any atom is 0.220 e. The van der Waals surface area contributed by atoms with Crippen LogP contribution in [0.4, 0.5) is 0 Å². The second-order valence-corrected chi connectivity index (χ2v) is 6.23. The van der Waals surface area contributed by atoms with Crippen LogP contribution in [0.25, 0.3) is 0 Å². The fourth-order valence-corrected chi connectivity index (χ4v) is 2.89. The highest BCUT2D eigenvalue weighted by Crippen LogP contribution is 2.40. The number of hydrogen-bond acceptors (Lipinski definition) is 2. The molecule has 0 aromatic carbocycles. The third-order valence-corrected chi connectivity index (χ3v) is 4.46. The van der Waals surface area contributed by atoms with Crippen molar-refractivity contribution in [3.8, 4) is 0 Å². The van der Waals surface area contributed by atoms with Gasteiger partial charge in [0.1, 0.15) is 5.82 Å². The number of carbonyl (C=O) groups excluding carboxylic acids is 1. The third-order valence-electron chi connectivity index (χ3n) is 4.46. The first-order valence-electron chi connectivity index (χ1n) is 7.51. The zero-order valence-corrected chi connectivity index (χ0v) is 11.7. The summed E-state index contributed by atoms with van der Waals surface area (Å²) >= 11 is 0. The number of rotatable bonds is 6. The maximum absolute atomic E-state index is 12.1. The highest BCUT2D eigenvalue weighted by Gasteiger charge is 2.42. The van der Waals surface area contributed by atoms with Gasteiger partial charge in [0.05, 0.1) is 5.54 Å². The van der Waals surface area contributed by atoms with Crippen molar-refractivity contribution >= 4 is 5.91 Å². The maximum atomic E-state index is 12.1. The lowest BCUT2D eigenvalue weighted by Crippen LogP contribution is -2.51. The summed E-state index contributed by atoms with van der Waals surface area (Å²) in [6, 6.07) is 0. The minimum Gasteiger partial charge on any atom is -0.344 e. The summed E-state index contributed by atoms with van der Waals surface area (Å²) in [5.74, 6) is 2.04. The van der Waals surface area contributed by atoms with E-state index in [1.165, 1.54) is 25.7 Å². The molecule has 2 fully saturated rings. The Kier molecular flexibility index (Phi) is 3.33. The van der Waals surface area contributed by atoms with Gasteiger partial charge in [0.25, 0.3) is 0 Å². The number of nitrogens with zero attached hydrogens (tertiary/aromatic N) is 1. The average Bonchev–Trinajstić information content (AvgIpc) is 3.05. The standard InChI is InChI=1S/C15H23N3O/c1-11-10-16-14(17-11)15(8-3-9-15)18-13(19)5-2-4-12-6-7-12/h10,12H,2-9H2,1H3,(H,16,17)(H,18,19). The van der Waals surface area contributed by atoms with E-state index < -0.39 is 0 Å². The molecule has 0 aliphatic heterocycles. The van der Waals surface area contributed by atoms with Crippen molar-refractivity contribution in [3.05, 3.63) is 17.7 Å². The number of hydrogen-bond donors (Lipinski definition) is 2. The lowest BCUT2D eigenvalue weighted by molar-refractivity contribution is -0.124. The van der Waals surface area contributed by atoms with E-state index in [1.807, 2.05) is 13.1 Å². The van der Waals surface area contributed by atoms with Crippen LogP contribution in [0.5, 0.6) is 0 Å². The number of aryl methyl sites for hydroxylation is 1. The van der Waals surface area contributed by atoms with E-state index in [4.69, 9.17) is 0 Å². The zero-order valence-electron chi connectivity index (χ0n) is 11.7. The van der Waals surface area contributed by atoms with Crippen LogP contribution in [0.15, 0.2) is 6.20 Å².